The van der Waals surface area contributed by atoms with Gasteiger partial charge in [-0.3, -0.25) is 0 Å². The largest absolute Gasteiger partial charge is 0.475 e. The van der Waals surface area contributed by atoms with Gasteiger partial charge in [0.05, 0.1) is 6.61 Å². The molecule has 0 saturated carbocycles. The first-order valence-corrected chi connectivity index (χ1v) is 7.21. The van der Waals surface area contributed by atoms with Gasteiger partial charge in [-0.25, -0.2) is 17.9 Å². The lowest BCUT2D eigenvalue weighted by molar-refractivity contribution is 0.0656. The first-order chi connectivity index (χ1) is 8.76. The summed E-state index contributed by atoms with van der Waals surface area (Å²) in [5.74, 6) is -1.60. The van der Waals surface area contributed by atoms with Gasteiger partial charge >= 0.3 is 5.97 Å². The summed E-state index contributed by atoms with van der Waals surface area (Å²) in [7, 11) is -3.97. The molecule has 0 bridgehead atoms. The number of aliphatic hydroxyl groups excluding tert-OH is 1. The number of hydrogen-bond acceptors (Lipinski definition) is 5. The number of carbonyl (C=O) groups is 1. The summed E-state index contributed by atoms with van der Waals surface area (Å²) in [5.41, 5.74) is 0. The molecule has 0 aliphatic heterocycles. The Bertz CT molecular complexity index is 533. The first kappa shape index (κ1) is 15.7. The molecule has 1 aromatic heterocycles. The average Bonchev–Trinajstić information content (AvgIpc) is 2.77. The number of nitrogens with one attached hydrogen (secondary N) is 1. The Balaban J connectivity index is 2.87. The molecule has 0 aliphatic carbocycles. The van der Waals surface area contributed by atoms with Crippen LogP contribution in [0.25, 0.3) is 0 Å². The fourth-order valence-corrected chi connectivity index (χ4v) is 2.76. The molecule has 1 aromatic rings. The van der Waals surface area contributed by atoms with Crippen molar-refractivity contribution in [1.29, 1.82) is 0 Å². The van der Waals surface area contributed by atoms with Gasteiger partial charge in [0, 0.05) is 6.04 Å². The number of rotatable bonds is 7. The SMILES string of the molecule is CC(C)CC(CO)NS(=O)(=O)c1ccc(C(=O)O)o1. The molecule has 0 fully saturated rings. The van der Waals surface area contributed by atoms with Crippen LogP contribution in [-0.2, 0) is 10.0 Å². The van der Waals surface area contributed by atoms with E-state index in [1.54, 1.807) is 0 Å². The molecule has 8 heteroatoms. The fraction of sp³-hybridized carbons (Fsp3) is 0.545. The summed E-state index contributed by atoms with van der Waals surface area (Å²) in [4.78, 5) is 10.6. The zero-order chi connectivity index (χ0) is 14.6. The van der Waals surface area contributed by atoms with Gasteiger partial charge in [0.15, 0.2) is 0 Å². The fourth-order valence-electron chi connectivity index (χ4n) is 1.59. The van der Waals surface area contributed by atoms with Crippen LogP contribution in [0.3, 0.4) is 0 Å². The molecule has 108 valence electrons. The Morgan fingerprint density at radius 3 is 2.47 bits per heavy atom. The number of aliphatic hydroxyl groups is 1. The molecule has 0 radical (unpaired) electrons. The summed E-state index contributed by atoms with van der Waals surface area (Å²) < 4.78 is 30.8. The van der Waals surface area contributed by atoms with E-state index >= 15 is 0 Å². The predicted molar refractivity (Wildman–Crippen MR) is 66.3 cm³/mol. The molecule has 7 nitrogen and oxygen atoms in total. The summed E-state index contributed by atoms with van der Waals surface area (Å²) in [6.07, 6.45) is 0.461. The van der Waals surface area contributed by atoms with Crippen molar-refractivity contribution < 1.29 is 27.8 Å². The molecule has 1 unspecified atom stereocenters. The monoisotopic (exact) mass is 291 g/mol. The van der Waals surface area contributed by atoms with Crippen molar-refractivity contribution in [2.75, 3.05) is 6.61 Å². The van der Waals surface area contributed by atoms with Crippen LogP contribution in [0.5, 0.6) is 0 Å². The maximum atomic E-state index is 11.9. The molecule has 0 saturated heterocycles. The molecule has 3 N–H and O–H groups in total. The first-order valence-electron chi connectivity index (χ1n) is 5.72. The number of hydrogen-bond donors (Lipinski definition) is 3. The van der Waals surface area contributed by atoms with Crippen molar-refractivity contribution in [1.82, 2.24) is 4.72 Å². The lowest BCUT2D eigenvalue weighted by atomic mass is 10.1. The van der Waals surface area contributed by atoms with Crippen LogP contribution in [0.15, 0.2) is 21.6 Å². The van der Waals surface area contributed by atoms with Crippen LogP contribution in [0.1, 0.15) is 30.8 Å². The van der Waals surface area contributed by atoms with Crippen molar-refractivity contribution >= 4 is 16.0 Å². The molecule has 0 aliphatic rings. The molecule has 0 spiro atoms. The van der Waals surface area contributed by atoms with Gasteiger partial charge in [-0.2, -0.15) is 0 Å². The van der Waals surface area contributed by atoms with E-state index in [2.05, 4.69) is 4.72 Å². The number of carboxylic acids is 1. The zero-order valence-electron chi connectivity index (χ0n) is 10.7. The van der Waals surface area contributed by atoms with E-state index in [1.165, 1.54) is 0 Å². The van der Waals surface area contributed by atoms with Crippen LogP contribution in [-0.4, -0.2) is 37.2 Å². The molecular weight excluding hydrogens is 274 g/mol. The Morgan fingerprint density at radius 2 is 2.05 bits per heavy atom. The molecule has 1 heterocycles. The Labute approximate surface area is 111 Å². The van der Waals surface area contributed by atoms with Gasteiger partial charge in [-0.1, -0.05) is 13.8 Å². The standard InChI is InChI=1S/C11H17NO6S/c1-7(2)5-8(6-13)12-19(16,17)10-4-3-9(18-10)11(14)15/h3-4,7-8,12-13H,5-6H2,1-2H3,(H,14,15). The van der Waals surface area contributed by atoms with Crippen molar-refractivity contribution in [3.05, 3.63) is 17.9 Å². The van der Waals surface area contributed by atoms with E-state index < -0.39 is 32.9 Å². The highest BCUT2D eigenvalue weighted by Gasteiger charge is 2.24. The second-order valence-corrected chi connectivity index (χ2v) is 6.20. The minimum atomic E-state index is -3.97. The van der Waals surface area contributed by atoms with E-state index in [9.17, 15) is 13.2 Å². The lowest BCUT2D eigenvalue weighted by Gasteiger charge is -2.17. The van der Waals surface area contributed by atoms with Crippen molar-refractivity contribution in [2.24, 2.45) is 5.92 Å². The Hall–Kier alpha value is -1.38. The third kappa shape index (κ3) is 4.34. The van der Waals surface area contributed by atoms with E-state index in [4.69, 9.17) is 14.6 Å². The second kappa shape index (κ2) is 6.18. The summed E-state index contributed by atoms with van der Waals surface area (Å²) in [5, 5.41) is 17.3. The molecule has 1 rings (SSSR count). The smallest absolute Gasteiger partial charge is 0.371 e. The number of carboxylic acid groups (broad SMARTS) is 1. The number of furan rings is 1. The number of sulfonamides is 1. The maximum absolute atomic E-state index is 11.9. The molecule has 0 amide bonds. The quantitative estimate of drug-likeness (QED) is 0.679. The van der Waals surface area contributed by atoms with Crippen molar-refractivity contribution in [2.45, 2.75) is 31.4 Å². The van der Waals surface area contributed by atoms with Gasteiger partial charge < -0.3 is 14.6 Å². The van der Waals surface area contributed by atoms with E-state index in [-0.39, 0.29) is 12.5 Å². The highest BCUT2D eigenvalue weighted by Crippen LogP contribution is 2.15. The number of aromatic carboxylic acids is 1. The van der Waals surface area contributed by atoms with Crippen LogP contribution in [0.4, 0.5) is 0 Å². The Kier molecular flexibility index (Phi) is 5.10. The minimum Gasteiger partial charge on any atom is -0.475 e. The molecule has 1 atom stereocenters. The summed E-state index contributed by atoms with van der Waals surface area (Å²) in [6, 6.07) is 1.49. The Morgan fingerprint density at radius 1 is 1.42 bits per heavy atom. The third-order valence-corrected chi connectivity index (χ3v) is 3.75. The molecule has 19 heavy (non-hydrogen) atoms. The van der Waals surface area contributed by atoms with E-state index in [0.717, 1.165) is 12.1 Å². The van der Waals surface area contributed by atoms with Gasteiger partial charge in [0.25, 0.3) is 10.0 Å². The van der Waals surface area contributed by atoms with Gasteiger partial charge in [0.1, 0.15) is 0 Å². The summed E-state index contributed by atoms with van der Waals surface area (Å²) >= 11 is 0. The average molecular weight is 291 g/mol. The predicted octanol–water partition coefficient (Wildman–Crippen LogP) is 0.663. The van der Waals surface area contributed by atoms with E-state index in [1.807, 2.05) is 13.8 Å². The van der Waals surface area contributed by atoms with Crippen LogP contribution >= 0.6 is 0 Å². The van der Waals surface area contributed by atoms with Crippen LogP contribution in [0.2, 0.25) is 0 Å². The van der Waals surface area contributed by atoms with Crippen molar-refractivity contribution in [3.8, 4) is 0 Å². The highest BCUT2D eigenvalue weighted by molar-refractivity contribution is 7.89. The van der Waals surface area contributed by atoms with Gasteiger partial charge in [-0.05, 0) is 24.5 Å². The lowest BCUT2D eigenvalue weighted by Crippen LogP contribution is -2.38. The zero-order valence-corrected chi connectivity index (χ0v) is 11.5. The van der Waals surface area contributed by atoms with Crippen molar-refractivity contribution in [3.63, 3.8) is 0 Å². The topological polar surface area (TPSA) is 117 Å². The van der Waals surface area contributed by atoms with Gasteiger partial charge in [-0.15, -0.1) is 0 Å². The van der Waals surface area contributed by atoms with E-state index in [0.29, 0.717) is 6.42 Å². The molecule has 0 aromatic carbocycles. The summed E-state index contributed by atoms with van der Waals surface area (Å²) in [6.45, 7) is 3.45. The van der Waals surface area contributed by atoms with Crippen LogP contribution < -0.4 is 4.72 Å². The third-order valence-electron chi connectivity index (χ3n) is 2.36. The van der Waals surface area contributed by atoms with Crippen LogP contribution in [0, 0.1) is 5.92 Å². The van der Waals surface area contributed by atoms with Gasteiger partial charge in [0.2, 0.25) is 10.9 Å². The minimum absolute atomic E-state index is 0.200. The second-order valence-electron chi connectivity index (χ2n) is 4.55. The molecular formula is C11H17NO6S. The normalized spacial score (nSPS) is 13.7. The maximum Gasteiger partial charge on any atom is 0.371 e. The highest BCUT2D eigenvalue weighted by atomic mass is 32.2.